The largest absolute Gasteiger partial charge is 0.480 e. The van der Waals surface area contributed by atoms with Gasteiger partial charge in [0.15, 0.2) is 5.65 Å². The monoisotopic (exact) mass is 399 g/mol. The Labute approximate surface area is 166 Å². The zero-order valence-corrected chi connectivity index (χ0v) is 16.0. The van der Waals surface area contributed by atoms with Crippen molar-refractivity contribution in [1.82, 2.24) is 25.3 Å². The maximum atomic E-state index is 12.1. The van der Waals surface area contributed by atoms with Crippen molar-refractivity contribution in [3.8, 4) is 0 Å². The van der Waals surface area contributed by atoms with E-state index in [4.69, 9.17) is 0 Å². The second-order valence-electron chi connectivity index (χ2n) is 6.23. The first-order valence-corrected chi connectivity index (χ1v) is 9.95. The zero-order valence-electron chi connectivity index (χ0n) is 15.2. The van der Waals surface area contributed by atoms with E-state index in [-0.39, 0.29) is 12.3 Å². The summed E-state index contributed by atoms with van der Waals surface area (Å²) >= 11 is 1.58. The predicted octanol–water partition coefficient (Wildman–Crippen LogP) is 2.43. The molecule has 0 bridgehead atoms. The number of fused-ring (bicyclic) bond motifs is 1. The lowest BCUT2D eigenvalue weighted by atomic mass is 10.1. The van der Waals surface area contributed by atoms with E-state index in [1.54, 1.807) is 18.1 Å². The second kappa shape index (κ2) is 9.84. The van der Waals surface area contributed by atoms with Crippen molar-refractivity contribution in [2.45, 2.75) is 36.8 Å². The van der Waals surface area contributed by atoms with E-state index in [0.29, 0.717) is 18.5 Å². The standard InChI is InChI=1S/C19H21N5O3S/c25-15(24-14(19(26)27)10-13-6-2-1-3-7-13)8-4-5-9-28-18-16-17(21-11-20-16)22-12-23-18/h1-3,6-7,11-12,14H,4-5,8-10H2,(H,24,25)(H,26,27)(H,20,21,22,23)/t14-/m0/s1. The van der Waals surface area contributed by atoms with Gasteiger partial charge in [0.25, 0.3) is 0 Å². The van der Waals surface area contributed by atoms with Crippen molar-refractivity contribution < 1.29 is 14.7 Å². The average Bonchev–Trinajstić information content (AvgIpc) is 3.17. The SMILES string of the molecule is O=C(CCCCSc1ncnc2nc[nH]c12)N[C@@H](Cc1ccccc1)C(=O)O. The number of aromatic nitrogens is 4. The summed E-state index contributed by atoms with van der Waals surface area (Å²) in [7, 11) is 0. The number of carboxylic acid groups (broad SMARTS) is 1. The lowest BCUT2D eigenvalue weighted by Gasteiger charge is -2.14. The van der Waals surface area contributed by atoms with E-state index >= 15 is 0 Å². The van der Waals surface area contributed by atoms with E-state index < -0.39 is 12.0 Å². The number of benzene rings is 1. The number of carboxylic acids is 1. The first-order valence-electron chi connectivity index (χ1n) is 8.96. The highest BCUT2D eigenvalue weighted by molar-refractivity contribution is 7.99. The Hall–Kier alpha value is -2.94. The summed E-state index contributed by atoms with van der Waals surface area (Å²) in [6, 6.07) is 8.35. The highest BCUT2D eigenvalue weighted by Gasteiger charge is 2.20. The molecule has 3 aromatic rings. The molecule has 0 aliphatic carbocycles. The first kappa shape index (κ1) is 19.8. The summed E-state index contributed by atoms with van der Waals surface area (Å²) < 4.78 is 0. The van der Waals surface area contributed by atoms with Gasteiger partial charge in [-0.1, -0.05) is 30.3 Å². The summed E-state index contributed by atoms with van der Waals surface area (Å²) in [5.41, 5.74) is 2.33. The molecule has 0 aliphatic heterocycles. The van der Waals surface area contributed by atoms with Crippen LogP contribution in [-0.2, 0) is 16.0 Å². The number of nitrogens with one attached hydrogen (secondary N) is 2. The number of unbranched alkanes of at least 4 members (excludes halogenated alkanes) is 1. The van der Waals surface area contributed by atoms with E-state index in [1.807, 2.05) is 30.3 Å². The van der Waals surface area contributed by atoms with Gasteiger partial charge in [0.1, 0.15) is 22.9 Å². The Bertz CT molecular complexity index is 931. The zero-order chi connectivity index (χ0) is 19.8. The summed E-state index contributed by atoms with van der Waals surface area (Å²) in [5, 5.41) is 12.8. The van der Waals surface area contributed by atoms with E-state index in [2.05, 4.69) is 25.3 Å². The normalized spacial score (nSPS) is 12.0. The lowest BCUT2D eigenvalue weighted by Crippen LogP contribution is -2.42. The highest BCUT2D eigenvalue weighted by Crippen LogP contribution is 2.22. The fraction of sp³-hybridized carbons (Fsp3) is 0.316. The Morgan fingerprint density at radius 1 is 1.14 bits per heavy atom. The minimum atomic E-state index is -1.03. The van der Waals surface area contributed by atoms with Gasteiger partial charge < -0.3 is 15.4 Å². The number of amides is 1. The van der Waals surface area contributed by atoms with Crippen molar-refractivity contribution in [2.24, 2.45) is 0 Å². The smallest absolute Gasteiger partial charge is 0.326 e. The van der Waals surface area contributed by atoms with Crippen LogP contribution in [0.4, 0.5) is 0 Å². The number of nitrogens with zero attached hydrogens (tertiary/aromatic N) is 3. The summed E-state index contributed by atoms with van der Waals surface area (Å²) in [5.74, 6) is -0.475. The maximum Gasteiger partial charge on any atom is 0.326 e. The topological polar surface area (TPSA) is 121 Å². The molecule has 0 saturated carbocycles. The molecule has 0 unspecified atom stereocenters. The van der Waals surface area contributed by atoms with Gasteiger partial charge in [-0.15, -0.1) is 11.8 Å². The van der Waals surface area contributed by atoms with Crippen molar-refractivity contribution >= 4 is 34.8 Å². The van der Waals surface area contributed by atoms with Crippen molar-refractivity contribution in [2.75, 3.05) is 5.75 Å². The predicted molar refractivity (Wildman–Crippen MR) is 106 cm³/mol. The third-order valence-electron chi connectivity index (χ3n) is 4.14. The molecule has 2 aromatic heterocycles. The fourth-order valence-corrected chi connectivity index (χ4v) is 3.68. The van der Waals surface area contributed by atoms with Crippen molar-refractivity contribution in [3.05, 3.63) is 48.5 Å². The molecule has 3 rings (SSSR count). The third kappa shape index (κ3) is 5.53. The van der Waals surface area contributed by atoms with Gasteiger partial charge in [0.05, 0.1) is 6.33 Å². The minimum absolute atomic E-state index is 0.244. The van der Waals surface area contributed by atoms with Gasteiger partial charge in [-0.05, 0) is 24.2 Å². The van der Waals surface area contributed by atoms with Gasteiger partial charge >= 0.3 is 5.97 Å². The number of H-pyrrole nitrogens is 1. The molecular formula is C19H21N5O3S. The molecule has 0 radical (unpaired) electrons. The minimum Gasteiger partial charge on any atom is -0.480 e. The molecule has 2 heterocycles. The van der Waals surface area contributed by atoms with E-state index in [1.165, 1.54) is 6.33 Å². The molecule has 1 aromatic carbocycles. The van der Waals surface area contributed by atoms with Gasteiger partial charge in [-0.25, -0.2) is 19.7 Å². The van der Waals surface area contributed by atoms with E-state index in [9.17, 15) is 14.7 Å². The molecule has 146 valence electrons. The number of thioether (sulfide) groups is 1. The Balaban J connectivity index is 1.40. The van der Waals surface area contributed by atoms with Gasteiger partial charge in [0.2, 0.25) is 5.91 Å². The maximum absolute atomic E-state index is 12.1. The molecule has 1 atom stereocenters. The van der Waals surface area contributed by atoms with Gasteiger partial charge in [-0.3, -0.25) is 4.79 Å². The van der Waals surface area contributed by atoms with Crippen LogP contribution >= 0.6 is 11.8 Å². The molecule has 0 saturated heterocycles. The average molecular weight is 399 g/mol. The quantitative estimate of drug-likeness (QED) is 0.272. The number of hydrogen-bond donors (Lipinski definition) is 3. The fourth-order valence-electron chi connectivity index (χ4n) is 2.73. The van der Waals surface area contributed by atoms with Crippen LogP contribution in [0, 0.1) is 0 Å². The van der Waals surface area contributed by atoms with Crippen LogP contribution in [-0.4, -0.2) is 48.7 Å². The molecule has 1 amide bonds. The molecule has 8 nitrogen and oxygen atoms in total. The summed E-state index contributed by atoms with van der Waals surface area (Å²) in [6.45, 7) is 0. The molecule has 28 heavy (non-hydrogen) atoms. The van der Waals surface area contributed by atoms with Crippen LogP contribution in [0.1, 0.15) is 24.8 Å². The molecule has 3 N–H and O–H groups in total. The Kier molecular flexibility index (Phi) is 6.96. The number of carbonyl (C=O) groups is 2. The van der Waals surface area contributed by atoms with Crippen molar-refractivity contribution in [1.29, 1.82) is 0 Å². The third-order valence-corrected chi connectivity index (χ3v) is 5.22. The number of aromatic amines is 1. The van der Waals surface area contributed by atoms with Crippen LogP contribution < -0.4 is 5.32 Å². The Morgan fingerprint density at radius 2 is 1.96 bits per heavy atom. The second-order valence-corrected chi connectivity index (χ2v) is 7.32. The number of imidazole rings is 1. The van der Waals surface area contributed by atoms with Crippen LogP contribution in [0.15, 0.2) is 48.0 Å². The van der Waals surface area contributed by atoms with E-state index in [0.717, 1.165) is 28.3 Å². The molecule has 9 heteroatoms. The number of aliphatic carboxylic acids is 1. The summed E-state index contributed by atoms with van der Waals surface area (Å²) in [6.07, 6.45) is 5.12. The van der Waals surface area contributed by atoms with Crippen LogP contribution in [0.25, 0.3) is 11.2 Å². The van der Waals surface area contributed by atoms with Crippen LogP contribution in [0.3, 0.4) is 0 Å². The van der Waals surface area contributed by atoms with Crippen molar-refractivity contribution in [3.63, 3.8) is 0 Å². The summed E-state index contributed by atoms with van der Waals surface area (Å²) in [4.78, 5) is 39.0. The van der Waals surface area contributed by atoms with Gasteiger partial charge in [0, 0.05) is 12.8 Å². The number of hydrogen-bond acceptors (Lipinski definition) is 6. The lowest BCUT2D eigenvalue weighted by molar-refractivity contribution is -0.141. The molecular weight excluding hydrogens is 378 g/mol. The van der Waals surface area contributed by atoms with Crippen LogP contribution in [0.2, 0.25) is 0 Å². The number of carbonyl (C=O) groups excluding carboxylic acids is 1. The van der Waals surface area contributed by atoms with Crippen LogP contribution in [0.5, 0.6) is 0 Å². The Morgan fingerprint density at radius 3 is 2.75 bits per heavy atom. The number of rotatable bonds is 10. The van der Waals surface area contributed by atoms with Gasteiger partial charge in [-0.2, -0.15) is 0 Å². The molecule has 0 aliphatic rings. The highest BCUT2D eigenvalue weighted by atomic mass is 32.2. The molecule has 0 fully saturated rings. The first-order chi connectivity index (χ1) is 13.6. The molecule has 0 spiro atoms.